The average molecular weight is 234 g/mol. The maximum Gasteiger partial charge on any atom is 0.318 e. The van der Waals surface area contributed by atoms with Crippen LogP contribution in [0.2, 0.25) is 0 Å². The van der Waals surface area contributed by atoms with Crippen LogP contribution in [0, 0.1) is 6.92 Å². The van der Waals surface area contributed by atoms with Crippen molar-refractivity contribution >= 4 is 6.03 Å². The van der Waals surface area contributed by atoms with E-state index in [1.165, 1.54) is 11.1 Å². The minimum Gasteiger partial charge on any atom is -0.334 e. The summed E-state index contributed by atoms with van der Waals surface area (Å²) in [6.07, 6.45) is 0. The van der Waals surface area contributed by atoms with Crippen LogP contribution in [0.15, 0.2) is 24.3 Å². The van der Waals surface area contributed by atoms with Crippen molar-refractivity contribution in [1.29, 1.82) is 0 Å². The molecule has 0 spiro atoms. The van der Waals surface area contributed by atoms with E-state index in [9.17, 15) is 4.79 Å². The third-order valence-corrected chi connectivity index (χ3v) is 2.77. The lowest BCUT2D eigenvalue weighted by atomic mass is 10.1. The molecule has 1 atom stereocenters. The highest BCUT2D eigenvalue weighted by molar-refractivity contribution is 5.76. The van der Waals surface area contributed by atoms with Gasteiger partial charge in [-0.25, -0.2) is 4.79 Å². The Morgan fingerprint density at radius 3 is 2.53 bits per heavy atom. The summed E-state index contributed by atoms with van der Waals surface area (Å²) in [6.45, 7) is 9.61. The molecular formula is C14H22N2O. The quantitative estimate of drug-likeness (QED) is 0.838. The van der Waals surface area contributed by atoms with Gasteiger partial charge in [0.15, 0.2) is 0 Å². The molecule has 3 nitrogen and oxygen atoms in total. The highest BCUT2D eigenvalue weighted by Crippen LogP contribution is 2.13. The highest BCUT2D eigenvalue weighted by Gasteiger charge is 2.25. The number of amides is 2. The molecule has 1 aromatic rings. The van der Waals surface area contributed by atoms with E-state index in [1.54, 1.807) is 0 Å². The fourth-order valence-electron chi connectivity index (χ4n) is 1.89. The van der Waals surface area contributed by atoms with Gasteiger partial charge >= 0.3 is 6.03 Å². The van der Waals surface area contributed by atoms with Crippen LogP contribution >= 0.6 is 0 Å². The first-order valence-corrected chi connectivity index (χ1v) is 6.27. The molecule has 0 bridgehead atoms. The molecule has 17 heavy (non-hydrogen) atoms. The van der Waals surface area contributed by atoms with Crippen LogP contribution in [0.3, 0.4) is 0 Å². The van der Waals surface area contributed by atoms with Gasteiger partial charge in [-0.05, 0) is 25.0 Å². The van der Waals surface area contributed by atoms with Crippen molar-refractivity contribution in [1.82, 2.24) is 10.2 Å². The van der Waals surface area contributed by atoms with Gasteiger partial charge in [-0.2, -0.15) is 0 Å². The van der Waals surface area contributed by atoms with Crippen LogP contribution in [0.5, 0.6) is 0 Å². The number of nitrogens with one attached hydrogen (secondary N) is 1. The van der Waals surface area contributed by atoms with Crippen LogP contribution in [-0.4, -0.2) is 23.5 Å². The van der Waals surface area contributed by atoms with Crippen LogP contribution in [0.25, 0.3) is 0 Å². The molecule has 1 N–H and O–H groups in total. The predicted octanol–water partition coefficient (Wildman–Crippen LogP) is 2.93. The van der Waals surface area contributed by atoms with Crippen LogP contribution in [-0.2, 0) is 6.54 Å². The molecule has 1 aromatic carbocycles. The summed E-state index contributed by atoms with van der Waals surface area (Å²) in [4.78, 5) is 13.4. The lowest BCUT2D eigenvalue weighted by Crippen LogP contribution is -2.28. The molecule has 2 rings (SSSR count). The molecule has 0 saturated carbocycles. The number of benzene rings is 1. The fraction of sp³-hybridized carbons (Fsp3) is 0.500. The molecule has 2 amide bonds. The maximum absolute atomic E-state index is 11.5. The topological polar surface area (TPSA) is 32.3 Å². The average Bonchev–Trinajstić information content (AvgIpc) is 2.63. The zero-order valence-electron chi connectivity index (χ0n) is 11.2. The van der Waals surface area contributed by atoms with Gasteiger partial charge in [0.2, 0.25) is 0 Å². The number of urea groups is 1. The van der Waals surface area contributed by atoms with Gasteiger partial charge in [0, 0.05) is 19.1 Å². The normalized spacial score (nSPS) is 18.5. The fourth-order valence-corrected chi connectivity index (χ4v) is 1.89. The summed E-state index contributed by atoms with van der Waals surface area (Å²) in [5, 5.41) is 2.89. The summed E-state index contributed by atoms with van der Waals surface area (Å²) in [5.41, 5.74) is 2.46. The Labute approximate surface area is 104 Å². The van der Waals surface area contributed by atoms with Gasteiger partial charge in [0.1, 0.15) is 0 Å². The predicted molar refractivity (Wildman–Crippen MR) is 70.9 cm³/mol. The number of hydrogen-bond acceptors (Lipinski definition) is 1. The molecule has 1 saturated heterocycles. The van der Waals surface area contributed by atoms with Gasteiger partial charge in [0.05, 0.1) is 0 Å². The van der Waals surface area contributed by atoms with E-state index in [0.717, 1.165) is 6.54 Å². The van der Waals surface area contributed by atoms with Gasteiger partial charge in [0.25, 0.3) is 0 Å². The van der Waals surface area contributed by atoms with Gasteiger partial charge in [-0.3, -0.25) is 0 Å². The lowest BCUT2D eigenvalue weighted by molar-refractivity contribution is 0.215. The minimum absolute atomic E-state index is 0.0470. The number of rotatable bonds is 2. The van der Waals surface area contributed by atoms with Crippen molar-refractivity contribution < 1.29 is 4.79 Å². The van der Waals surface area contributed by atoms with Gasteiger partial charge < -0.3 is 10.2 Å². The second-order valence-electron chi connectivity index (χ2n) is 4.16. The molecule has 94 valence electrons. The van der Waals surface area contributed by atoms with E-state index in [2.05, 4.69) is 24.4 Å². The van der Waals surface area contributed by atoms with E-state index < -0.39 is 0 Å². The smallest absolute Gasteiger partial charge is 0.318 e. The van der Waals surface area contributed by atoms with Crippen molar-refractivity contribution in [2.24, 2.45) is 0 Å². The Hall–Kier alpha value is -1.51. The van der Waals surface area contributed by atoms with Crippen molar-refractivity contribution in [2.75, 3.05) is 6.54 Å². The van der Waals surface area contributed by atoms with Gasteiger partial charge in [-0.15, -0.1) is 0 Å². The summed E-state index contributed by atoms with van der Waals surface area (Å²) in [5.74, 6) is 0. The third-order valence-electron chi connectivity index (χ3n) is 2.77. The Morgan fingerprint density at radius 2 is 2.00 bits per heavy atom. The Kier molecular flexibility index (Phi) is 5.01. The molecule has 1 aliphatic heterocycles. The molecule has 3 heteroatoms. The molecule has 1 aliphatic rings. The molecule has 1 unspecified atom stereocenters. The number of aryl methyl sites for hydroxylation is 1. The van der Waals surface area contributed by atoms with Gasteiger partial charge in [-0.1, -0.05) is 38.1 Å². The van der Waals surface area contributed by atoms with Crippen molar-refractivity contribution in [3.8, 4) is 0 Å². The lowest BCUT2D eigenvalue weighted by Gasteiger charge is -2.15. The number of nitrogens with zero attached hydrogens (tertiary/aromatic N) is 1. The first-order chi connectivity index (χ1) is 8.16. The molecule has 0 radical (unpaired) electrons. The van der Waals surface area contributed by atoms with Crippen molar-refractivity contribution in [3.63, 3.8) is 0 Å². The Morgan fingerprint density at radius 1 is 1.35 bits per heavy atom. The molecule has 0 aliphatic carbocycles. The summed E-state index contributed by atoms with van der Waals surface area (Å²) in [7, 11) is 0. The summed E-state index contributed by atoms with van der Waals surface area (Å²) < 4.78 is 0. The number of hydrogen-bond donors (Lipinski definition) is 1. The Bertz CT molecular complexity index is 376. The van der Waals surface area contributed by atoms with Crippen molar-refractivity contribution in [3.05, 3.63) is 35.4 Å². The number of carbonyl (C=O) groups is 1. The first-order valence-electron chi connectivity index (χ1n) is 6.27. The molecule has 1 fully saturated rings. The second-order valence-corrected chi connectivity index (χ2v) is 4.16. The highest BCUT2D eigenvalue weighted by atomic mass is 16.2. The van der Waals surface area contributed by atoms with E-state index in [0.29, 0.717) is 6.54 Å². The SMILES string of the molecule is CC.Cc1ccccc1CN1CC(C)NC1=O. The molecular weight excluding hydrogens is 212 g/mol. The maximum atomic E-state index is 11.5. The summed E-state index contributed by atoms with van der Waals surface area (Å²) in [6, 6.07) is 8.50. The minimum atomic E-state index is 0.0470. The Balaban J connectivity index is 0.000000686. The first kappa shape index (κ1) is 13.6. The molecule has 0 aromatic heterocycles. The van der Waals surface area contributed by atoms with E-state index in [1.807, 2.05) is 37.8 Å². The van der Waals surface area contributed by atoms with Crippen LogP contribution in [0.1, 0.15) is 31.9 Å². The largest absolute Gasteiger partial charge is 0.334 e. The summed E-state index contributed by atoms with van der Waals surface area (Å²) >= 11 is 0. The standard InChI is InChI=1S/C12H16N2O.C2H6/c1-9-5-3-4-6-11(9)8-14-7-10(2)13-12(14)15;1-2/h3-6,10H,7-8H2,1-2H3,(H,13,15);1-2H3. The van der Waals surface area contributed by atoms with E-state index >= 15 is 0 Å². The zero-order valence-corrected chi connectivity index (χ0v) is 11.2. The monoisotopic (exact) mass is 234 g/mol. The third kappa shape index (κ3) is 3.48. The zero-order chi connectivity index (χ0) is 12.8. The molecule has 1 heterocycles. The van der Waals surface area contributed by atoms with Crippen molar-refractivity contribution in [2.45, 2.75) is 40.3 Å². The van der Waals surface area contributed by atoms with E-state index in [-0.39, 0.29) is 12.1 Å². The number of carbonyl (C=O) groups excluding carboxylic acids is 1. The van der Waals surface area contributed by atoms with E-state index in [4.69, 9.17) is 0 Å². The van der Waals surface area contributed by atoms with Crippen LogP contribution < -0.4 is 5.32 Å². The van der Waals surface area contributed by atoms with Crippen LogP contribution in [0.4, 0.5) is 4.79 Å². The second kappa shape index (κ2) is 6.28.